The maximum absolute atomic E-state index is 4.42. The Hall–Kier alpha value is -0.990. The van der Waals surface area contributed by atoms with E-state index >= 15 is 0 Å². The molecule has 0 bridgehead atoms. The lowest BCUT2D eigenvalue weighted by Gasteiger charge is -2.10. The van der Waals surface area contributed by atoms with Crippen LogP contribution < -0.4 is 5.32 Å². The molecule has 0 saturated heterocycles. The van der Waals surface area contributed by atoms with E-state index in [9.17, 15) is 0 Å². The maximum atomic E-state index is 4.42. The zero-order valence-corrected chi connectivity index (χ0v) is 8.21. The first-order valence-electron chi connectivity index (χ1n) is 5.75. The summed E-state index contributed by atoms with van der Waals surface area (Å²) in [5.74, 6) is 2.98. The van der Waals surface area contributed by atoms with Crippen molar-refractivity contribution in [1.82, 2.24) is 10.2 Å². The summed E-state index contributed by atoms with van der Waals surface area (Å²) < 4.78 is 0. The predicted octanol–water partition coefficient (Wildman–Crippen LogP) is 2.03. The van der Waals surface area contributed by atoms with E-state index in [1.54, 1.807) is 0 Å². The van der Waals surface area contributed by atoms with Crippen molar-refractivity contribution >= 4 is 5.82 Å². The van der Waals surface area contributed by atoms with E-state index in [1.165, 1.54) is 43.4 Å². The number of nitrogens with one attached hydrogen (secondary N) is 2. The molecule has 0 radical (unpaired) electrons. The number of fused-ring (bicyclic) bond motifs is 3. The number of rotatable bonds is 2. The Bertz CT molecular complexity index is 378. The van der Waals surface area contributed by atoms with Crippen LogP contribution >= 0.6 is 0 Å². The van der Waals surface area contributed by atoms with Gasteiger partial charge in [0.15, 0.2) is 5.82 Å². The molecule has 2 unspecified atom stereocenters. The van der Waals surface area contributed by atoms with Crippen molar-refractivity contribution in [1.29, 1.82) is 0 Å². The first-order chi connectivity index (χ1) is 6.92. The zero-order chi connectivity index (χ0) is 9.12. The number of anilines is 1. The minimum absolute atomic E-state index is 0.722. The van der Waals surface area contributed by atoms with Gasteiger partial charge in [-0.05, 0) is 38.0 Å². The summed E-state index contributed by atoms with van der Waals surface area (Å²) in [6, 6.07) is 0.722. The lowest BCUT2D eigenvalue weighted by Crippen LogP contribution is -2.06. The quantitative estimate of drug-likeness (QED) is 0.747. The van der Waals surface area contributed by atoms with E-state index in [-0.39, 0.29) is 0 Å². The average Bonchev–Trinajstić information content (AvgIpc) is 3.06. The molecule has 3 heteroatoms. The van der Waals surface area contributed by atoms with Gasteiger partial charge in [-0.2, -0.15) is 5.10 Å². The molecule has 1 aromatic rings. The maximum Gasteiger partial charge on any atom is 0.151 e. The fraction of sp³-hybridized carbons (Fsp3) is 0.727. The second-order valence-electron chi connectivity index (χ2n) is 5.02. The van der Waals surface area contributed by atoms with Gasteiger partial charge in [0.2, 0.25) is 0 Å². The molecule has 4 rings (SSSR count). The fourth-order valence-electron chi connectivity index (χ4n) is 2.73. The molecular formula is C11H15N3. The van der Waals surface area contributed by atoms with Crippen LogP contribution in [0.2, 0.25) is 0 Å². The number of nitrogens with zero attached hydrogens (tertiary/aromatic N) is 1. The van der Waals surface area contributed by atoms with Crippen LogP contribution in [0.1, 0.15) is 42.9 Å². The van der Waals surface area contributed by atoms with Crippen molar-refractivity contribution in [2.24, 2.45) is 5.92 Å². The Labute approximate surface area is 83.3 Å². The third-order valence-corrected chi connectivity index (χ3v) is 3.88. The summed E-state index contributed by atoms with van der Waals surface area (Å²) in [5.41, 5.74) is 2.94. The summed E-state index contributed by atoms with van der Waals surface area (Å²) in [6.45, 7) is 0. The van der Waals surface area contributed by atoms with Crippen LogP contribution in [0.15, 0.2) is 0 Å². The summed E-state index contributed by atoms with van der Waals surface area (Å²) in [7, 11) is 0. The highest BCUT2D eigenvalue weighted by Gasteiger charge is 2.44. The monoisotopic (exact) mass is 189 g/mol. The van der Waals surface area contributed by atoms with Gasteiger partial charge in [-0.15, -0.1) is 0 Å². The van der Waals surface area contributed by atoms with Crippen molar-refractivity contribution in [2.45, 2.75) is 44.1 Å². The van der Waals surface area contributed by atoms with Gasteiger partial charge in [0.05, 0.1) is 0 Å². The molecule has 3 aliphatic carbocycles. The van der Waals surface area contributed by atoms with Crippen LogP contribution in [0.25, 0.3) is 0 Å². The number of hydrogen-bond donors (Lipinski definition) is 2. The molecule has 0 aromatic carbocycles. The summed E-state index contributed by atoms with van der Waals surface area (Å²) in [4.78, 5) is 0. The number of aromatic amines is 1. The second kappa shape index (κ2) is 2.33. The molecule has 14 heavy (non-hydrogen) atoms. The van der Waals surface area contributed by atoms with Crippen LogP contribution in [-0.4, -0.2) is 16.2 Å². The van der Waals surface area contributed by atoms with Crippen molar-refractivity contribution in [2.75, 3.05) is 5.32 Å². The number of H-pyrrole nitrogens is 1. The minimum Gasteiger partial charge on any atom is -0.366 e. The minimum atomic E-state index is 0.722. The van der Waals surface area contributed by atoms with E-state index in [0.29, 0.717) is 0 Å². The smallest absolute Gasteiger partial charge is 0.151 e. The molecule has 0 aliphatic heterocycles. The predicted molar refractivity (Wildman–Crippen MR) is 54.4 cm³/mol. The molecule has 3 nitrogen and oxygen atoms in total. The summed E-state index contributed by atoms with van der Waals surface area (Å²) in [5, 5.41) is 11.2. The molecule has 2 saturated carbocycles. The SMILES string of the molecule is C1CC2CC2c2[nH]nc(NC3CC3)c21. The van der Waals surface area contributed by atoms with E-state index in [2.05, 4.69) is 15.5 Å². The molecule has 1 aromatic heterocycles. The molecule has 1 heterocycles. The van der Waals surface area contributed by atoms with Gasteiger partial charge in [-0.25, -0.2) is 0 Å². The summed E-state index contributed by atoms with van der Waals surface area (Å²) >= 11 is 0. The Morgan fingerprint density at radius 2 is 2.21 bits per heavy atom. The van der Waals surface area contributed by atoms with E-state index < -0.39 is 0 Å². The highest BCUT2D eigenvalue weighted by Crippen LogP contribution is 2.54. The largest absolute Gasteiger partial charge is 0.366 e. The molecule has 0 amide bonds. The fourth-order valence-corrected chi connectivity index (χ4v) is 2.73. The standard InChI is InChI=1S/C11H15N3/c1-4-8-10(9-5-6(1)9)13-14-11(8)12-7-2-3-7/h6-7,9H,1-5H2,(H2,12,13,14). The average molecular weight is 189 g/mol. The van der Waals surface area contributed by atoms with Gasteiger partial charge < -0.3 is 5.32 Å². The van der Waals surface area contributed by atoms with E-state index in [4.69, 9.17) is 0 Å². The molecule has 2 atom stereocenters. The Morgan fingerprint density at radius 3 is 3.07 bits per heavy atom. The van der Waals surface area contributed by atoms with Crippen LogP contribution in [0.4, 0.5) is 5.82 Å². The van der Waals surface area contributed by atoms with Gasteiger partial charge in [-0.3, -0.25) is 5.10 Å². The van der Waals surface area contributed by atoms with Gasteiger partial charge in [0.1, 0.15) is 0 Å². The van der Waals surface area contributed by atoms with E-state index in [1.807, 2.05) is 0 Å². The second-order valence-corrected chi connectivity index (χ2v) is 5.02. The molecular weight excluding hydrogens is 174 g/mol. The van der Waals surface area contributed by atoms with Crippen molar-refractivity contribution in [3.05, 3.63) is 11.3 Å². The normalized spacial score (nSPS) is 33.4. The number of aromatic nitrogens is 2. The third kappa shape index (κ3) is 0.954. The van der Waals surface area contributed by atoms with Gasteiger partial charge in [0.25, 0.3) is 0 Å². The van der Waals surface area contributed by atoms with Gasteiger partial charge >= 0.3 is 0 Å². The molecule has 3 aliphatic rings. The Kier molecular flexibility index (Phi) is 1.22. The molecule has 0 spiro atoms. The van der Waals surface area contributed by atoms with Crippen molar-refractivity contribution in [3.8, 4) is 0 Å². The molecule has 2 fully saturated rings. The number of hydrogen-bond acceptors (Lipinski definition) is 2. The molecule has 74 valence electrons. The van der Waals surface area contributed by atoms with Gasteiger partial charge in [-0.1, -0.05) is 0 Å². The van der Waals surface area contributed by atoms with Crippen LogP contribution in [0, 0.1) is 5.92 Å². The van der Waals surface area contributed by atoms with Crippen molar-refractivity contribution < 1.29 is 0 Å². The first kappa shape index (κ1) is 7.32. The highest BCUT2D eigenvalue weighted by molar-refractivity contribution is 5.51. The third-order valence-electron chi connectivity index (χ3n) is 3.88. The van der Waals surface area contributed by atoms with Crippen LogP contribution in [-0.2, 0) is 6.42 Å². The van der Waals surface area contributed by atoms with Crippen molar-refractivity contribution in [3.63, 3.8) is 0 Å². The first-order valence-corrected chi connectivity index (χ1v) is 5.75. The lowest BCUT2D eigenvalue weighted by atomic mass is 9.97. The molecule has 2 N–H and O–H groups in total. The van der Waals surface area contributed by atoms with Crippen LogP contribution in [0.5, 0.6) is 0 Å². The Balaban J connectivity index is 1.70. The zero-order valence-electron chi connectivity index (χ0n) is 8.21. The lowest BCUT2D eigenvalue weighted by molar-refractivity contribution is 0.661. The Morgan fingerprint density at radius 1 is 1.29 bits per heavy atom. The van der Waals surface area contributed by atoms with E-state index in [0.717, 1.165) is 23.7 Å². The topological polar surface area (TPSA) is 40.7 Å². The van der Waals surface area contributed by atoms with Crippen LogP contribution in [0.3, 0.4) is 0 Å². The highest BCUT2D eigenvalue weighted by atomic mass is 15.2. The summed E-state index contributed by atoms with van der Waals surface area (Å²) in [6.07, 6.45) is 6.68. The van der Waals surface area contributed by atoms with Gasteiger partial charge in [0, 0.05) is 23.2 Å².